The molecule has 2 aromatic rings. The second-order valence-corrected chi connectivity index (χ2v) is 11.3. The summed E-state index contributed by atoms with van der Waals surface area (Å²) in [4.78, 5) is 64.2. The van der Waals surface area contributed by atoms with Gasteiger partial charge >= 0.3 is 12.1 Å². The number of aldehydes is 2. The molecule has 11 heteroatoms. The van der Waals surface area contributed by atoms with E-state index in [1.54, 1.807) is 20.8 Å². The number of nitrogens with one attached hydrogen (secondary N) is 3. The molecule has 0 spiro atoms. The summed E-state index contributed by atoms with van der Waals surface area (Å²) >= 11 is 0. The van der Waals surface area contributed by atoms with Crippen molar-refractivity contribution >= 4 is 30.5 Å². The van der Waals surface area contributed by atoms with Crippen LogP contribution in [0.15, 0.2) is 61.2 Å². The molecule has 2 amide bonds. The molecule has 0 bridgehead atoms. The maximum absolute atomic E-state index is 13.9. The van der Waals surface area contributed by atoms with Crippen molar-refractivity contribution in [2.75, 3.05) is 13.2 Å². The van der Waals surface area contributed by atoms with Crippen molar-refractivity contribution < 1.29 is 33.4 Å². The molecule has 0 unspecified atom stereocenters. The van der Waals surface area contributed by atoms with Crippen LogP contribution in [0, 0.1) is 0 Å². The number of alkyl carbamates (subject to hydrolysis) is 1. The zero-order valence-corrected chi connectivity index (χ0v) is 25.2. The van der Waals surface area contributed by atoms with Crippen LogP contribution in [0.4, 0.5) is 4.79 Å². The van der Waals surface area contributed by atoms with E-state index in [9.17, 15) is 24.0 Å². The van der Waals surface area contributed by atoms with Gasteiger partial charge in [-0.3, -0.25) is 20.7 Å². The maximum atomic E-state index is 13.9. The van der Waals surface area contributed by atoms with Gasteiger partial charge in [0, 0.05) is 12.5 Å². The molecule has 4 atom stereocenters. The highest BCUT2D eigenvalue weighted by molar-refractivity contribution is 5.90. The van der Waals surface area contributed by atoms with E-state index in [0.717, 1.165) is 27.2 Å². The van der Waals surface area contributed by atoms with Crippen LogP contribution in [-0.2, 0) is 28.7 Å². The Morgan fingerprint density at radius 1 is 0.930 bits per heavy atom. The van der Waals surface area contributed by atoms with Gasteiger partial charge in [-0.2, -0.15) is 0 Å². The number of carbonyl (C=O) groups is 5. The van der Waals surface area contributed by atoms with Gasteiger partial charge in [0.1, 0.15) is 24.8 Å². The monoisotopic (exact) mass is 592 g/mol. The lowest BCUT2D eigenvalue weighted by atomic mass is 9.98. The smallest absolute Gasteiger partial charge is 0.408 e. The number of rotatable bonds is 14. The summed E-state index contributed by atoms with van der Waals surface area (Å²) < 4.78 is 11.1. The summed E-state index contributed by atoms with van der Waals surface area (Å²) in [5, 5.41) is 8.03. The van der Waals surface area contributed by atoms with Gasteiger partial charge in [-0.15, -0.1) is 6.58 Å². The lowest BCUT2D eigenvalue weighted by Gasteiger charge is -2.35. The quantitative estimate of drug-likeness (QED) is 0.131. The number of amides is 2. The van der Waals surface area contributed by atoms with E-state index in [1.165, 1.54) is 19.9 Å². The predicted octanol–water partition coefficient (Wildman–Crippen LogP) is 2.89. The molecule has 0 fully saturated rings. The molecule has 1 aliphatic rings. The highest BCUT2D eigenvalue weighted by atomic mass is 16.6. The number of nitrogens with zero attached hydrogens (tertiary/aromatic N) is 1. The highest BCUT2D eigenvalue weighted by Crippen LogP contribution is 2.44. The number of ether oxygens (including phenoxy) is 2. The molecule has 0 aliphatic heterocycles. The van der Waals surface area contributed by atoms with E-state index in [2.05, 4.69) is 22.5 Å². The van der Waals surface area contributed by atoms with Crippen LogP contribution in [0.5, 0.6) is 0 Å². The number of carbonyl (C=O) groups excluding carboxylic acids is 5. The van der Waals surface area contributed by atoms with E-state index in [0.29, 0.717) is 12.6 Å². The van der Waals surface area contributed by atoms with Crippen LogP contribution in [-0.4, -0.2) is 78.6 Å². The van der Waals surface area contributed by atoms with E-state index < -0.39 is 48.0 Å². The fourth-order valence-corrected chi connectivity index (χ4v) is 4.79. The predicted molar refractivity (Wildman–Crippen MR) is 161 cm³/mol. The maximum Gasteiger partial charge on any atom is 0.408 e. The SMILES string of the molecule is C=CCN(C(=O)[C@@H](NC(=O)OCC1c2ccccc2-c2ccccc21)N[C@@H](C)C=O)[C@@H](N[C@@H](C)C=O)C(=O)OC(C)(C)C. The Hall–Kier alpha value is -4.35. The van der Waals surface area contributed by atoms with Gasteiger partial charge in [-0.25, -0.2) is 9.59 Å². The number of hydrogen-bond donors (Lipinski definition) is 3. The van der Waals surface area contributed by atoms with Crippen molar-refractivity contribution in [1.82, 2.24) is 20.9 Å². The third-order valence-electron chi connectivity index (χ3n) is 6.66. The minimum Gasteiger partial charge on any atom is -0.457 e. The second-order valence-electron chi connectivity index (χ2n) is 11.3. The summed E-state index contributed by atoms with van der Waals surface area (Å²) in [7, 11) is 0. The molecular formula is C32H40N4O7. The van der Waals surface area contributed by atoms with E-state index in [4.69, 9.17) is 9.47 Å². The average Bonchev–Trinajstić information content (AvgIpc) is 3.29. The fourth-order valence-electron chi connectivity index (χ4n) is 4.79. The van der Waals surface area contributed by atoms with Gasteiger partial charge in [0.25, 0.3) is 5.91 Å². The molecular weight excluding hydrogens is 552 g/mol. The molecule has 2 aromatic carbocycles. The van der Waals surface area contributed by atoms with Crippen molar-refractivity contribution in [3.8, 4) is 11.1 Å². The molecule has 0 aromatic heterocycles. The molecule has 11 nitrogen and oxygen atoms in total. The Bertz CT molecular complexity index is 1290. The van der Waals surface area contributed by atoms with Crippen molar-refractivity contribution in [3.05, 3.63) is 72.3 Å². The zero-order chi connectivity index (χ0) is 31.7. The highest BCUT2D eigenvalue weighted by Gasteiger charge is 2.38. The van der Waals surface area contributed by atoms with Gasteiger partial charge in [-0.05, 0) is 56.9 Å². The minimum absolute atomic E-state index is 0.000679. The standard InChI is InChI=1S/C32H40N4O7/c1-7-16-36(28(34-21(3)18-38)30(40)43-32(4,5)6)29(39)27(33-20(2)17-37)35-31(41)42-19-26-24-14-10-8-12-22(24)23-13-9-11-15-25(23)26/h7-15,17-18,20-21,26-28,33-34H,1,16,19H2,2-6H3,(H,35,41)/t20-,21-,27+,28+/m0/s1. The number of fused-ring (bicyclic) bond motifs is 3. The molecule has 43 heavy (non-hydrogen) atoms. The third kappa shape index (κ3) is 8.59. The Morgan fingerprint density at radius 2 is 1.47 bits per heavy atom. The lowest BCUT2D eigenvalue weighted by Crippen LogP contribution is -2.64. The topological polar surface area (TPSA) is 143 Å². The summed E-state index contributed by atoms with van der Waals surface area (Å²) in [6, 6.07) is 14.1. The van der Waals surface area contributed by atoms with Crippen molar-refractivity contribution in [2.45, 2.75) is 70.6 Å². The molecule has 0 saturated heterocycles. The molecule has 3 rings (SSSR count). The average molecular weight is 593 g/mol. The van der Waals surface area contributed by atoms with Crippen LogP contribution in [0.2, 0.25) is 0 Å². The third-order valence-corrected chi connectivity index (χ3v) is 6.66. The van der Waals surface area contributed by atoms with Gasteiger partial charge < -0.3 is 24.0 Å². The van der Waals surface area contributed by atoms with Crippen LogP contribution < -0.4 is 16.0 Å². The molecule has 3 N–H and O–H groups in total. The van der Waals surface area contributed by atoms with Gasteiger partial charge in [0.2, 0.25) is 0 Å². The van der Waals surface area contributed by atoms with Gasteiger partial charge in [0.05, 0.1) is 12.1 Å². The van der Waals surface area contributed by atoms with E-state index >= 15 is 0 Å². The largest absolute Gasteiger partial charge is 0.457 e. The Labute approximate surface area is 252 Å². The molecule has 0 radical (unpaired) electrons. The molecule has 0 heterocycles. The number of benzene rings is 2. The first-order valence-corrected chi connectivity index (χ1v) is 14.1. The van der Waals surface area contributed by atoms with Crippen LogP contribution in [0.1, 0.15) is 51.7 Å². The Kier molecular flexibility index (Phi) is 11.3. The molecule has 1 aliphatic carbocycles. The number of esters is 1. The van der Waals surface area contributed by atoms with Crippen molar-refractivity contribution in [1.29, 1.82) is 0 Å². The molecule has 230 valence electrons. The normalized spacial score (nSPS) is 15.1. The fraction of sp³-hybridized carbons (Fsp3) is 0.406. The van der Waals surface area contributed by atoms with Crippen molar-refractivity contribution in [2.24, 2.45) is 0 Å². The van der Waals surface area contributed by atoms with E-state index in [-0.39, 0.29) is 19.1 Å². The second kappa shape index (κ2) is 14.7. The summed E-state index contributed by atoms with van der Waals surface area (Å²) in [5.74, 6) is -1.82. The van der Waals surface area contributed by atoms with E-state index in [1.807, 2.05) is 48.5 Å². The first-order valence-electron chi connectivity index (χ1n) is 14.1. The van der Waals surface area contributed by atoms with Crippen molar-refractivity contribution in [3.63, 3.8) is 0 Å². The van der Waals surface area contributed by atoms with Crippen LogP contribution in [0.3, 0.4) is 0 Å². The lowest BCUT2D eigenvalue weighted by molar-refractivity contribution is -0.167. The summed E-state index contributed by atoms with van der Waals surface area (Å²) in [6.07, 6.45) is -1.27. The Balaban J connectivity index is 1.83. The summed E-state index contributed by atoms with van der Waals surface area (Å²) in [5.41, 5.74) is 3.26. The number of hydrogen-bond acceptors (Lipinski definition) is 9. The minimum atomic E-state index is -1.48. The first kappa shape index (κ1) is 33.2. The van der Waals surface area contributed by atoms with Crippen LogP contribution >= 0.6 is 0 Å². The zero-order valence-electron chi connectivity index (χ0n) is 25.2. The summed E-state index contributed by atoms with van der Waals surface area (Å²) in [6.45, 7) is 11.5. The molecule has 0 saturated carbocycles. The first-order chi connectivity index (χ1) is 20.4. The van der Waals surface area contributed by atoms with Crippen LogP contribution in [0.25, 0.3) is 11.1 Å². The Morgan fingerprint density at radius 3 is 1.98 bits per heavy atom. The van der Waals surface area contributed by atoms with Gasteiger partial charge in [-0.1, -0.05) is 54.6 Å². The van der Waals surface area contributed by atoms with Gasteiger partial charge in [0.15, 0.2) is 12.3 Å².